The Morgan fingerprint density at radius 1 is 1.15 bits per heavy atom. The van der Waals surface area contributed by atoms with Crippen molar-refractivity contribution in [3.8, 4) is 0 Å². The van der Waals surface area contributed by atoms with Crippen LogP contribution in [0.1, 0.15) is 16.7 Å². The third kappa shape index (κ3) is 6.34. The highest BCUT2D eigenvalue weighted by atomic mass is 35.5. The molecule has 184 valence electrons. The number of ether oxygens (including phenoxy) is 1. The second-order valence-corrected chi connectivity index (χ2v) is 11.5. The Kier molecular flexibility index (Phi) is 8.70. The number of morpholine rings is 1. The Balaban J connectivity index is 0.00000324. The minimum atomic E-state index is -3.32. The number of amides is 1. The van der Waals surface area contributed by atoms with Crippen molar-refractivity contribution >= 4 is 54.8 Å². The van der Waals surface area contributed by atoms with E-state index in [-0.39, 0.29) is 23.2 Å². The summed E-state index contributed by atoms with van der Waals surface area (Å²) in [5.74, 6) is -0.0161. The van der Waals surface area contributed by atoms with Crippen molar-refractivity contribution in [1.82, 2.24) is 9.88 Å². The number of thiazole rings is 1. The van der Waals surface area contributed by atoms with Gasteiger partial charge in [0, 0.05) is 32.4 Å². The number of nitrogens with zero attached hydrogens (tertiary/aromatic N) is 3. The van der Waals surface area contributed by atoms with E-state index in [1.807, 2.05) is 26.0 Å². The van der Waals surface area contributed by atoms with Crippen molar-refractivity contribution in [3.63, 3.8) is 0 Å². The quantitative estimate of drug-likeness (QED) is 0.470. The Morgan fingerprint density at radius 3 is 2.56 bits per heavy atom. The number of hydrogen-bond acceptors (Lipinski definition) is 7. The summed E-state index contributed by atoms with van der Waals surface area (Å²) < 4.78 is 30.1. The first-order valence-electron chi connectivity index (χ1n) is 11.0. The largest absolute Gasteiger partial charge is 0.379 e. The van der Waals surface area contributed by atoms with Crippen LogP contribution in [0, 0.1) is 13.8 Å². The molecule has 1 fully saturated rings. The van der Waals surface area contributed by atoms with E-state index >= 15 is 0 Å². The number of rotatable bonds is 7. The summed E-state index contributed by atoms with van der Waals surface area (Å²) in [6.45, 7) is 8.40. The van der Waals surface area contributed by atoms with Crippen LogP contribution in [-0.4, -0.2) is 69.9 Å². The average molecular weight is 524 g/mol. The summed E-state index contributed by atoms with van der Waals surface area (Å²) in [7, 11) is -3.32. The minimum Gasteiger partial charge on any atom is -0.379 e. The molecule has 7 nitrogen and oxygen atoms in total. The molecule has 0 N–H and O–H groups in total. The number of sulfone groups is 1. The molecule has 0 atom stereocenters. The number of benzene rings is 2. The van der Waals surface area contributed by atoms with E-state index in [2.05, 4.69) is 16.0 Å². The lowest BCUT2D eigenvalue weighted by Crippen LogP contribution is -2.43. The zero-order valence-electron chi connectivity index (χ0n) is 19.6. The molecular weight excluding hydrogens is 494 g/mol. The van der Waals surface area contributed by atoms with Gasteiger partial charge in [0.2, 0.25) is 5.91 Å². The van der Waals surface area contributed by atoms with Crippen LogP contribution in [0.2, 0.25) is 0 Å². The fourth-order valence-electron chi connectivity index (χ4n) is 3.93. The molecule has 3 aromatic rings. The van der Waals surface area contributed by atoms with Crippen LogP contribution >= 0.6 is 23.7 Å². The molecular formula is C24H30ClN3O4S2. The van der Waals surface area contributed by atoms with E-state index in [9.17, 15) is 13.2 Å². The highest BCUT2D eigenvalue weighted by Crippen LogP contribution is 2.31. The topological polar surface area (TPSA) is 79.8 Å². The van der Waals surface area contributed by atoms with Gasteiger partial charge in [-0.25, -0.2) is 13.4 Å². The summed E-state index contributed by atoms with van der Waals surface area (Å²) in [6, 6.07) is 11.0. The lowest BCUT2D eigenvalue weighted by Gasteiger charge is -2.29. The Labute approximate surface area is 211 Å². The maximum atomic E-state index is 13.5. The second kappa shape index (κ2) is 11.1. The number of halogens is 1. The van der Waals surface area contributed by atoms with Crippen molar-refractivity contribution in [3.05, 3.63) is 53.1 Å². The Bertz CT molecular complexity index is 1270. The predicted molar refractivity (Wildman–Crippen MR) is 139 cm³/mol. The Morgan fingerprint density at radius 2 is 1.88 bits per heavy atom. The molecule has 1 aliphatic heterocycles. The molecule has 10 heteroatoms. The lowest BCUT2D eigenvalue weighted by molar-refractivity contribution is -0.118. The predicted octanol–water partition coefficient (Wildman–Crippen LogP) is 3.65. The van der Waals surface area contributed by atoms with E-state index in [4.69, 9.17) is 4.74 Å². The van der Waals surface area contributed by atoms with E-state index in [0.717, 1.165) is 35.5 Å². The zero-order chi connectivity index (χ0) is 23.6. The third-order valence-electron chi connectivity index (χ3n) is 5.89. The van der Waals surface area contributed by atoms with Gasteiger partial charge in [0.05, 0.1) is 34.7 Å². The smallest absolute Gasteiger partial charge is 0.233 e. The first kappa shape index (κ1) is 26.6. The number of anilines is 1. The average Bonchev–Trinajstić information content (AvgIpc) is 3.19. The maximum Gasteiger partial charge on any atom is 0.233 e. The standard InChI is InChI=1S/C24H29N3O4S2.ClH/c1-17-4-5-19(18(2)14-17)15-23(28)27(9-8-26-10-12-31-13-11-26)24-25-21-7-6-20(33(3,29)30)16-22(21)32-24;/h4-7,14,16H,8-13,15H2,1-3H3;1H. The van der Waals surface area contributed by atoms with Gasteiger partial charge in [-0.3, -0.25) is 14.6 Å². The number of hydrogen-bond donors (Lipinski definition) is 0. The Hall–Kier alpha value is -2.04. The van der Waals surface area contributed by atoms with Crippen molar-refractivity contribution in [2.24, 2.45) is 0 Å². The number of aryl methyl sites for hydroxylation is 2. The van der Waals surface area contributed by atoms with E-state index in [0.29, 0.717) is 36.8 Å². The first-order valence-corrected chi connectivity index (χ1v) is 13.7. The van der Waals surface area contributed by atoms with Crippen LogP contribution in [0.25, 0.3) is 10.2 Å². The normalized spacial score (nSPS) is 14.7. The third-order valence-corrected chi connectivity index (χ3v) is 8.04. The molecule has 4 rings (SSSR count). The lowest BCUT2D eigenvalue weighted by atomic mass is 10.0. The highest BCUT2D eigenvalue weighted by Gasteiger charge is 2.23. The van der Waals surface area contributed by atoms with Gasteiger partial charge in [-0.15, -0.1) is 12.4 Å². The van der Waals surface area contributed by atoms with E-state index < -0.39 is 9.84 Å². The summed E-state index contributed by atoms with van der Waals surface area (Å²) in [4.78, 5) is 22.5. The van der Waals surface area contributed by atoms with Crippen LogP contribution in [0.15, 0.2) is 41.3 Å². The summed E-state index contributed by atoms with van der Waals surface area (Å²) in [5, 5.41) is 0.596. The summed E-state index contributed by atoms with van der Waals surface area (Å²) >= 11 is 1.35. The molecule has 0 radical (unpaired) electrons. The molecule has 1 aromatic heterocycles. The molecule has 0 aliphatic carbocycles. The summed E-state index contributed by atoms with van der Waals surface area (Å²) in [5.41, 5.74) is 3.96. The number of carbonyl (C=O) groups excluding carboxylic acids is 1. The minimum absolute atomic E-state index is 0. The van der Waals surface area contributed by atoms with Gasteiger partial charge >= 0.3 is 0 Å². The van der Waals surface area contributed by atoms with Crippen LogP contribution < -0.4 is 4.90 Å². The molecule has 2 heterocycles. The van der Waals surface area contributed by atoms with E-state index in [1.165, 1.54) is 23.2 Å². The molecule has 0 bridgehead atoms. The van der Waals surface area contributed by atoms with Crippen LogP contribution in [0.3, 0.4) is 0 Å². The molecule has 1 aliphatic rings. The fourth-order valence-corrected chi connectivity index (χ4v) is 5.70. The van der Waals surface area contributed by atoms with Gasteiger partial charge in [-0.05, 0) is 43.2 Å². The van der Waals surface area contributed by atoms with Crippen molar-refractivity contribution in [2.45, 2.75) is 25.2 Å². The zero-order valence-corrected chi connectivity index (χ0v) is 22.1. The van der Waals surface area contributed by atoms with Crippen molar-refractivity contribution in [1.29, 1.82) is 0 Å². The van der Waals surface area contributed by atoms with Crippen molar-refractivity contribution in [2.75, 3.05) is 50.5 Å². The molecule has 0 unspecified atom stereocenters. The van der Waals surface area contributed by atoms with Crippen LogP contribution in [-0.2, 0) is 25.8 Å². The molecule has 0 saturated carbocycles. The number of fused-ring (bicyclic) bond motifs is 1. The molecule has 1 amide bonds. The van der Waals surface area contributed by atoms with E-state index in [1.54, 1.807) is 23.1 Å². The van der Waals surface area contributed by atoms with Gasteiger partial charge in [-0.2, -0.15) is 0 Å². The van der Waals surface area contributed by atoms with Crippen molar-refractivity contribution < 1.29 is 17.9 Å². The molecule has 0 spiro atoms. The van der Waals surface area contributed by atoms with Gasteiger partial charge in [-0.1, -0.05) is 35.1 Å². The number of aromatic nitrogens is 1. The maximum absolute atomic E-state index is 13.5. The first-order chi connectivity index (χ1) is 15.7. The fraction of sp³-hybridized carbons (Fsp3) is 0.417. The van der Waals surface area contributed by atoms with Gasteiger partial charge in [0.15, 0.2) is 15.0 Å². The van der Waals surface area contributed by atoms with Gasteiger partial charge in [0.1, 0.15) is 0 Å². The van der Waals surface area contributed by atoms with Gasteiger partial charge < -0.3 is 4.74 Å². The summed E-state index contributed by atoms with van der Waals surface area (Å²) in [6.07, 6.45) is 1.48. The molecule has 2 aromatic carbocycles. The second-order valence-electron chi connectivity index (χ2n) is 8.50. The monoisotopic (exact) mass is 523 g/mol. The van der Waals surface area contributed by atoms with Crippen LogP contribution in [0.4, 0.5) is 5.13 Å². The van der Waals surface area contributed by atoms with Gasteiger partial charge in [0.25, 0.3) is 0 Å². The SMILES string of the molecule is Cc1ccc(CC(=O)N(CCN2CCOCC2)c2nc3ccc(S(C)(=O)=O)cc3s2)c(C)c1.Cl. The van der Waals surface area contributed by atoms with Crippen LogP contribution in [0.5, 0.6) is 0 Å². The highest BCUT2D eigenvalue weighted by molar-refractivity contribution is 7.90. The molecule has 34 heavy (non-hydrogen) atoms. The number of carbonyl (C=O) groups is 1. The molecule has 1 saturated heterocycles.